The molecule has 0 aliphatic carbocycles. The number of thiophene rings is 1. The van der Waals surface area contributed by atoms with Gasteiger partial charge >= 0.3 is 0 Å². The van der Waals surface area contributed by atoms with Crippen LogP contribution in [0.25, 0.3) is 10.4 Å². The Morgan fingerprint density at radius 3 is 2.68 bits per heavy atom. The third kappa shape index (κ3) is 5.93. The zero-order chi connectivity index (χ0) is 20.0. The maximum atomic E-state index is 10.4. The Balaban J connectivity index is 1.52. The highest BCUT2D eigenvalue weighted by Gasteiger charge is 2.20. The molecule has 0 fully saturated rings. The molecule has 2 N–H and O–H groups in total. The summed E-state index contributed by atoms with van der Waals surface area (Å²) in [7, 11) is 0. The van der Waals surface area contributed by atoms with Gasteiger partial charge in [0.15, 0.2) is 0 Å². The lowest BCUT2D eigenvalue weighted by Gasteiger charge is -2.28. The van der Waals surface area contributed by atoms with Crippen LogP contribution in [0.15, 0.2) is 66.0 Å². The van der Waals surface area contributed by atoms with Crippen molar-refractivity contribution in [3.05, 3.63) is 84.1 Å². The van der Waals surface area contributed by atoms with Crippen LogP contribution in [0.2, 0.25) is 0 Å². The van der Waals surface area contributed by atoms with E-state index in [4.69, 9.17) is 4.74 Å². The standard InChI is InChI=1S/C24H28NO2S/c1-18-8-6-9-19(14-18)15-24(2,3)25-16-20(26)17-27-22-11-5-4-10-21(22)23-12-7-13-28-23/h4-14,20,25-26H,1,15-17H2,2-3H3. The molecule has 0 saturated heterocycles. The fraction of sp³-hybridized carbons (Fsp3) is 0.292. The van der Waals surface area contributed by atoms with Crippen LogP contribution in [-0.4, -0.2) is 29.9 Å². The zero-order valence-electron chi connectivity index (χ0n) is 16.5. The molecule has 0 amide bonds. The van der Waals surface area contributed by atoms with Gasteiger partial charge in [-0.05, 0) is 61.9 Å². The monoisotopic (exact) mass is 394 g/mol. The van der Waals surface area contributed by atoms with Crippen molar-refractivity contribution in [3.63, 3.8) is 0 Å². The van der Waals surface area contributed by atoms with Gasteiger partial charge in [-0.25, -0.2) is 0 Å². The van der Waals surface area contributed by atoms with Crippen molar-refractivity contribution in [2.24, 2.45) is 0 Å². The van der Waals surface area contributed by atoms with E-state index in [1.165, 1.54) is 5.56 Å². The molecule has 3 rings (SSSR count). The number of β-amino-alcohol motifs (C(OH)–C–C–N with tert-alkyl or cyclic N) is 1. The smallest absolute Gasteiger partial charge is 0.128 e. The molecule has 3 nitrogen and oxygen atoms in total. The molecule has 0 saturated carbocycles. The van der Waals surface area contributed by atoms with Crippen molar-refractivity contribution < 1.29 is 9.84 Å². The number of aliphatic hydroxyl groups is 1. The third-order valence-corrected chi connectivity index (χ3v) is 5.46. The number of hydrogen-bond donors (Lipinski definition) is 2. The molecular formula is C24H28NO2S. The molecule has 1 aromatic heterocycles. The van der Waals surface area contributed by atoms with Crippen molar-refractivity contribution in [3.8, 4) is 16.2 Å². The molecule has 1 radical (unpaired) electrons. The average Bonchev–Trinajstić information content (AvgIpc) is 3.19. The van der Waals surface area contributed by atoms with E-state index in [1.807, 2.05) is 42.5 Å². The first-order valence-corrected chi connectivity index (χ1v) is 10.4. The number of para-hydroxylation sites is 1. The van der Waals surface area contributed by atoms with Crippen LogP contribution < -0.4 is 10.1 Å². The van der Waals surface area contributed by atoms with E-state index in [-0.39, 0.29) is 12.1 Å². The van der Waals surface area contributed by atoms with Crippen LogP contribution in [0.3, 0.4) is 0 Å². The number of nitrogens with one attached hydrogen (secondary N) is 1. The molecule has 0 aliphatic heterocycles. The maximum Gasteiger partial charge on any atom is 0.128 e. The number of benzene rings is 2. The van der Waals surface area contributed by atoms with Crippen LogP contribution >= 0.6 is 11.3 Å². The van der Waals surface area contributed by atoms with Crippen molar-refractivity contribution in [2.75, 3.05) is 13.2 Å². The highest BCUT2D eigenvalue weighted by atomic mass is 32.1. The van der Waals surface area contributed by atoms with Gasteiger partial charge in [0.1, 0.15) is 18.5 Å². The molecule has 1 atom stereocenters. The van der Waals surface area contributed by atoms with Crippen LogP contribution in [0.5, 0.6) is 5.75 Å². The van der Waals surface area contributed by atoms with E-state index in [0.717, 1.165) is 28.2 Å². The van der Waals surface area contributed by atoms with Gasteiger partial charge in [0.05, 0.1) is 0 Å². The number of aliphatic hydroxyl groups excluding tert-OH is 1. The lowest BCUT2D eigenvalue weighted by atomic mass is 9.94. The SMILES string of the molecule is [CH2]c1cccc(CC(C)(C)NCC(O)COc2ccccc2-c2cccs2)c1. The Morgan fingerprint density at radius 2 is 1.93 bits per heavy atom. The van der Waals surface area contributed by atoms with Crippen LogP contribution in [0.4, 0.5) is 0 Å². The Bertz CT molecular complexity index is 874. The molecule has 1 unspecified atom stereocenters. The number of rotatable bonds is 9. The van der Waals surface area contributed by atoms with E-state index in [2.05, 4.69) is 49.7 Å². The van der Waals surface area contributed by atoms with Gasteiger partial charge in [-0.3, -0.25) is 0 Å². The molecule has 147 valence electrons. The van der Waals surface area contributed by atoms with Gasteiger partial charge in [0.2, 0.25) is 0 Å². The first-order valence-electron chi connectivity index (χ1n) is 9.53. The summed E-state index contributed by atoms with van der Waals surface area (Å²) in [5.41, 5.74) is 3.18. The molecule has 1 heterocycles. The Kier molecular flexibility index (Phi) is 6.89. The largest absolute Gasteiger partial charge is 0.490 e. The minimum Gasteiger partial charge on any atom is -0.490 e. The van der Waals surface area contributed by atoms with Gasteiger partial charge in [-0.1, -0.05) is 42.5 Å². The summed E-state index contributed by atoms with van der Waals surface area (Å²) >= 11 is 1.68. The van der Waals surface area contributed by atoms with Gasteiger partial charge < -0.3 is 15.2 Å². The number of hydrogen-bond acceptors (Lipinski definition) is 4. The Morgan fingerprint density at radius 1 is 1.11 bits per heavy atom. The van der Waals surface area contributed by atoms with E-state index in [9.17, 15) is 5.11 Å². The summed E-state index contributed by atoms with van der Waals surface area (Å²) in [4.78, 5) is 1.16. The predicted octanol–water partition coefficient (Wildman–Crippen LogP) is 4.95. The predicted molar refractivity (Wildman–Crippen MR) is 118 cm³/mol. The minimum absolute atomic E-state index is 0.135. The normalized spacial score (nSPS) is 12.7. The summed E-state index contributed by atoms with van der Waals surface area (Å²) in [6, 6.07) is 20.3. The van der Waals surface area contributed by atoms with Crippen LogP contribution in [0.1, 0.15) is 25.0 Å². The lowest BCUT2D eigenvalue weighted by Crippen LogP contribution is -2.46. The third-order valence-electron chi connectivity index (χ3n) is 4.56. The van der Waals surface area contributed by atoms with E-state index < -0.39 is 6.10 Å². The quantitative estimate of drug-likeness (QED) is 0.540. The molecular weight excluding hydrogens is 366 g/mol. The molecule has 3 aromatic rings. The Labute approximate surface area is 172 Å². The van der Waals surface area contributed by atoms with Gasteiger partial charge in [-0.2, -0.15) is 0 Å². The molecule has 0 aliphatic rings. The summed E-state index contributed by atoms with van der Waals surface area (Å²) in [5.74, 6) is 0.801. The van der Waals surface area contributed by atoms with E-state index in [1.54, 1.807) is 11.3 Å². The van der Waals surface area contributed by atoms with Crippen molar-refractivity contribution in [1.82, 2.24) is 5.32 Å². The first kappa shape index (κ1) is 20.6. The second kappa shape index (κ2) is 9.37. The van der Waals surface area contributed by atoms with Crippen molar-refractivity contribution in [1.29, 1.82) is 0 Å². The number of ether oxygens (including phenoxy) is 1. The molecule has 0 bridgehead atoms. The highest BCUT2D eigenvalue weighted by molar-refractivity contribution is 7.13. The van der Waals surface area contributed by atoms with E-state index >= 15 is 0 Å². The molecule has 0 spiro atoms. The second-order valence-corrected chi connectivity index (χ2v) is 8.65. The second-order valence-electron chi connectivity index (χ2n) is 7.70. The van der Waals surface area contributed by atoms with Gasteiger partial charge in [0.25, 0.3) is 0 Å². The lowest BCUT2D eigenvalue weighted by molar-refractivity contribution is 0.0991. The van der Waals surface area contributed by atoms with Crippen molar-refractivity contribution in [2.45, 2.75) is 31.9 Å². The Hall–Kier alpha value is -2.14. The summed E-state index contributed by atoms with van der Waals surface area (Å²) in [6.45, 7) is 8.99. The van der Waals surface area contributed by atoms with Gasteiger partial charge in [0, 0.05) is 22.5 Å². The minimum atomic E-state index is -0.588. The van der Waals surface area contributed by atoms with Crippen LogP contribution in [-0.2, 0) is 6.42 Å². The topological polar surface area (TPSA) is 41.5 Å². The fourth-order valence-electron chi connectivity index (χ4n) is 3.18. The molecule has 2 aromatic carbocycles. The van der Waals surface area contributed by atoms with Crippen molar-refractivity contribution >= 4 is 11.3 Å². The summed E-state index contributed by atoms with van der Waals surface area (Å²) in [6.07, 6.45) is 0.278. The average molecular weight is 395 g/mol. The fourth-order valence-corrected chi connectivity index (χ4v) is 3.94. The van der Waals surface area contributed by atoms with E-state index in [0.29, 0.717) is 6.54 Å². The highest BCUT2D eigenvalue weighted by Crippen LogP contribution is 2.32. The molecule has 4 heteroatoms. The van der Waals surface area contributed by atoms with Crippen LogP contribution in [0, 0.1) is 6.92 Å². The summed E-state index contributed by atoms with van der Waals surface area (Å²) in [5, 5.41) is 15.9. The molecule has 28 heavy (non-hydrogen) atoms. The first-order chi connectivity index (χ1) is 13.4. The van der Waals surface area contributed by atoms with Gasteiger partial charge in [-0.15, -0.1) is 11.3 Å². The zero-order valence-corrected chi connectivity index (χ0v) is 17.3. The summed E-state index contributed by atoms with van der Waals surface area (Å²) < 4.78 is 5.93. The maximum absolute atomic E-state index is 10.4.